The molecule has 3 heteroatoms. The molecule has 1 heterocycles. The van der Waals surface area contributed by atoms with Crippen LogP contribution in [0, 0.1) is 12.8 Å². The Kier molecular flexibility index (Phi) is 3.52. The third kappa shape index (κ3) is 2.64. The van der Waals surface area contributed by atoms with Crippen LogP contribution < -0.4 is 0 Å². The number of aryl methyl sites for hydroxylation is 1. The van der Waals surface area contributed by atoms with E-state index in [1.807, 2.05) is 6.07 Å². The van der Waals surface area contributed by atoms with Crippen LogP contribution in [0.5, 0.6) is 0 Å². The molecule has 0 amide bonds. The van der Waals surface area contributed by atoms with Gasteiger partial charge in [-0.05, 0) is 36.6 Å². The number of thioether (sulfide) groups is 1. The van der Waals surface area contributed by atoms with Gasteiger partial charge in [0.1, 0.15) is 5.78 Å². The average Bonchev–Trinajstić information content (AvgIpc) is 2.58. The molecule has 0 aliphatic carbocycles. The van der Waals surface area contributed by atoms with Crippen LogP contribution in [0.1, 0.15) is 11.1 Å². The summed E-state index contributed by atoms with van der Waals surface area (Å²) in [4.78, 5) is 11.5. The topological polar surface area (TPSA) is 17.1 Å². The van der Waals surface area contributed by atoms with E-state index in [9.17, 15) is 4.79 Å². The van der Waals surface area contributed by atoms with Crippen LogP contribution in [0.15, 0.2) is 22.7 Å². The van der Waals surface area contributed by atoms with Gasteiger partial charge in [0.05, 0.1) is 5.75 Å². The van der Waals surface area contributed by atoms with Crippen molar-refractivity contribution in [3.05, 3.63) is 33.8 Å². The first-order valence-corrected chi connectivity index (χ1v) is 6.97. The standard InChI is InChI=1S/C12H13BrOS/c1-8-2-3-11(13)5-9(8)4-10-6-15-7-12(10)14/h2-3,5,10H,4,6-7H2,1H3. The first-order chi connectivity index (χ1) is 7.16. The Bertz CT molecular complexity index is 389. The number of ketones is 1. The minimum atomic E-state index is 0.239. The summed E-state index contributed by atoms with van der Waals surface area (Å²) in [5.41, 5.74) is 2.58. The third-order valence-corrected chi connectivity index (χ3v) is 4.42. The number of hydrogen-bond donors (Lipinski definition) is 0. The van der Waals surface area contributed by atoms with Crippen molar-refractivity contribution in [2.75, 3.05) is 11.5 Å². The van der Waals surface area contributed by atoms with Gasteiger partial charge < -0.3 is 0 Å². The predicted octanol–water partition coefficient (Wildman–Crippen LogP) is 3.23. The molecule has 1 aliphatic rings. The Labute approximate surface area is 103 Å². The quantitative estimate of drug-likeness (QED) is 0.830. The minimum absolute atomic E-state index is 0.239. The molecule has 0 saturated carbocycles. The molecule has 1 atom stereocenters. The van der Waals surface area contributed by atoms with Crippen molar-refractivity contribution < 1.29 is 4.79 Å². The number of carbonyl (C=O) groups is 1. The first kappa shape index (κ1) is 11.2. The molecule has 15 heavy (non-hydrogen) atoms. The van der Waals surface area contributed by atoms with Gasteiger partial charge in [0.2, 0.25) is 0 Å². The van der Waals surface area contributed by atoms with E-state index < -0.39 is 0 Å². The van der Waals surface area contributed by atoms with Gasteiger partial charge in [0, 0.05) is 16.1 Å². The van der Waals surface area contributed by atoms with Gasteiger partial charge in [0.15, 0.2) is 0 Å². The highest BCUT2D eigenvalue weighted by Crippen LogP contribution is 2.26. The largest absolute Gasteiger partial charge is 0.298 e. The summed E-state index contributed by atoms with van der Waals surface area (Å²) in [7, 11) is 0. The van der Waals surface area contributed by atoms with E-state index >= 15 is 0 Å². The van der Waals surface area contributed by atoms with Crippen molar-refractivity contribution in [3.8, 4) is 0 Å². The lowest BCUT2D eigenvalue weighted by molar-refractivity contribution is -0.119. The maximum absolute atomic E-state index is 11.5. The molecule has 0 N–H and O–H groups in total. The summed E-state index contributed by atoms with van der Waals surface area (Å²) in [6, 6.07) is 6.28. The fourth-order valence-corrected chi connectivity index (χ4v) is 3.36. The number of rotatable bonds is 2. The molecule has 0 aromatic heterocycles. The van der Waals surface area contributed by atoms with Crippen LogP contribution in [-0.2, 0) is 11.2 Å². The van der Waals surface area contributed by atoms with Crippen LogP contribution in [0.25, 0.3) is 0 Å². The van der Waals surface area contributed by atoms with E-state index in [-0.39, 0.29) is 5.92 Å². The second-order valence-electron chi connectivity index (χ2n) is 3.95. The van der Waals surface area contributed by atoms with Gasteiger partial charge in [-0.15, -0.1) is 0 Å². The molecular formula is C12H13BrOS. The summed E-state index contributed by atoms with van der Waals surface area (Å²) in [5.74, 6) is 2.35. The lowest BCUT2D eigenvalue weighted by atomic mass is 9.95. The highest BCUT2D eigenvalue weighted by Gasteiger charge is 2.25. The number of carbonyl (C=O) groups excluding carboxylic acids is 1. The Balaban J connectivity index is 2.16. The molecule has 2 rings (SSSR count). The molecule has 0 bridgehead atoms. The molecule has 1 aromatic rings. The Morgan fingerprint density at radius 3 is 3.00 bits per heavy atom. The Morgan fingerprint density at radius 1 is 1.53 bits per heavy atom. The van der Waals surface area contributed by atoms with Crippen molar-refractivity contribution >= 4 is 33.5 Å². The molecule has 80 valence electrons. The molecule has 0 spiro atoms. The van der Waals surface area contributed by atoms with Crippen molar-refractivity contribution in [2.24, 2.45) is 5.92 Å². The number of benzene rings is 1. The van der Waals surface area contributed by atoms with Crippen LogP contribution in [0.3, 0.4) is 0 Å². The zero-order valence-corrected chi connectivity index (χ0v) is 11.0. The number of halogens is 1. The molecule has 1 nitrogen and oxygen atoms in total. The van der Waals surface area contributed by atoms with Gasteiger partial charge in [-0.25, -0.2) is 0 Å². The fourth-order valence-electron chi connectivity index (χ4n) is 1.81. The smallest absolute Gasteiger partial charge is 0.146 e. The molecular weight excluding hydrogens is 272 g/mol. The maximum atomic E-state index is 11.5. The Morgan fingerprint density at radius 2 is 2.33 bits per heavy atom. The first-order valence-electron chi connectivity index (χ1n) is 5.02. The van der Waals surface area contributed by atoms with E-state index in [1.54, 1.807) is 11.8 Å². The van der Waals surface area contributed by atoms with Crippen LogP contribution in [0.2, 0.25) is 0 Å². The number of Topliss-reactive ketones (excluding diaryl/α,β-unsaturated/α-hetero) is 1. The van der Waals surface area contributed by atoms with Gasteiger partial charge in [-0.2, -0.15) is 11.8 Å². The van der Waals surface area contributed by atoms with Gasteiger partial charge in [-0.3, -0.25) is 4.79 Å². The molecule has 1 aliphatic heterocycles. The second-order valence-corrected chi connectivity index (χ2v) is 5.90. The summed E-state index contributed by atoms with van der Waals surface area (Å²) < 4.78 is 1.10. The zero-order valence-electron chi connectivity index (χ0n) is 8.63. The molecule has 1 aromatic carbocycles. The van der Waals surface area contributed by atoms with E-state index in [4.69, 9.17) is 0 Å². The summed E-state index contributed by atoms with van der Waals surface area (Å²) in [6.07, 6.45) is 0.900. The van der Waals surface area contributed by atoms with Gasteiger partial charge in [-0.1, -0.05) is 22.0 Å². The normalized spacial score (nSPS) is 20.9. The van der Waals surface area contributed by atoms with E-state index in [0.717, 1.165) is 16.6 Å². The number of hydrogen-bond acceptors (Lipinski definition) is 2. The molecule has 1 fully saturated rings. The van der Waals surface area contributed by atoms with Crippen LogP contribution in [0.4, 0.5) is 0 Å². The van der Waals surface area contributed by atoms with Crippen molar-refractivity contribution in [1.82, 2.24) is 0 Å². The monoisotopic (exact) mass is 284 g/mol. The molecule has 0 radical (unpaired) electrons. The molecule has 1 unspecified atom stereocenters. The summed E-state index contributed by atoms with van der Waals surface area (Å²) >= 11 is 5.23. The fraction of sp³-hybridized carbons (Fsp3) is 0.417. The average molecular weight is 285 g/mol. The van der Waals surface area contributed by atoms with Crippen molar-refractivity contribution in [2.45, 2.75) is 13.3 Å². The SMILES string of the molecule is Cc1ccc(Br)cc1CC1CSCC1=O. The highest BCUT2D eigenvalue weighted by molar-refractivity contribution is 9.10. The van der Waals surface area contributed by atoms with Crippen molar-refractivity contribution in [1.29, 1.82) is 0 Å². The van der Waals surface area contributed by atoms with Gasteiger partial charge in [0.25, 0.3) is 0 Å². The van der Waals surface area contributed by atoms with E-state index in [2.05, 4.69) is 35.0 Å². The van der Waals surface area contributed by atoms with Gasteiger partial charge >= 0.3 is 0 Å². The van der Waals surface area contributed by atoms with E-state index in [1.165, 1.54) is 11.1 Å². The minimum Gasteiger partial charge on any atom is -0.298 e. The predicted molar refractivity (Wildman–Crippen MR) is 68.4 cm³/mol. The van der Waals surface area contributed by atoms with Crippen LogP contribution in [-0.4, -0.2) is 17.3 Å². The second kappa shape index (κ2) is 4.71. The zero-order chi connectivity index (χ0) is 10.8. The Hall–Kier alpha value is -0.280. The van der Waals surface area contributed by atoms with E-state index in [0.29, 0.717) is 11.5 Å². The van der Waals surface area contributed by atoms with Crippen LogP contribution >= 0.6 is 27.7 Å². The summed E-state index contributed by atoms with van der Waals surface area (Å²) in [5, 5.41) is 0. The highest BCUT2D eigenvalue weighted by atomic mass is 79.9. The van der Waals surface area contributed by atoms with Crippen molar-refractivity contribution in [3.63, 3.8) is 0 Å². The molecule has 1 saturated heterocycles. The maximum Gasteiger partial charge on any atom is 0.146 e. The summed E-state index contributed by atoms with van der Waals surface area (Å²) in [6.45, 7) is 2.11. The third-order valence-electron chi connectivity index (χ3n) is 2.80. The lowest BCUT2D eigenvalue weighted by Crippen LogP contribution is -2.14. The lowest BCUT2D eigenvalue weighted by Gasteiger charge is -2.10.